The van der Waals surface area contributed by atoms with Crippen molar-refractivity contribution in [2.45, 2.75) is 33.6 Å². The molecule has 1 aromatic heterocycles. The van der Waals surface area contributed by atoms with Crippen LogP contribution < -0.4 is 10.6 Å². The summed E-state index contributed by atoms with van der Waals surface area (Å²) < 4.78 is 1.87. The molecule has 0 fully saturated rings. The van der Waals surface area contributed by atoms with E-state index in [1.807, 2.05) is 25.6 Å². The Labute approximate surface area is 109 Å². The minimum Gasteiger partial charge on any atom is -0.355 e. The monoisotopic (exact) mass is 252 g/mol. The summed E-state index contributed by atoms with van der Waals surface area (Å²) in [6.45, 7) is 8.54. The van der Waals surface area contributed by atoms with E-state index in [2.05, 4.69) is 22.7 Å². The van der Waals surface area contributed by atoms with Crippen LogP contribution in [0.25, 0.3) is 0 Å². The molecular formula is C13H24N4O. The topological polar surface area (TPSA) is 58.9 Å². The lowest BCUT2D eigenvalue weighted by molar-refractivity contribution is -0.121. The first-order chi connectivity index (χ1) is 8.56. The van der Waals surface area contributed by atoms with Crippen molar-refractivity contribution >= 4 is 5.91 Å². The SMILES string of the molecule is CCNCCNC(=O)CCc1c(C)nn(C)c1C. The molecule has 0 aliphatic heterocycles. The van der Waals surface area contributed by atoms with Gasteiger partial charge >= 0.3 is 0 Å². The minimum absolute atomic E-state index is 0.107. The number of hydrogen-bond donors (Lipinski definition) is 2. The maximum Gasteiger partial charge on any atom is 0.220 e. The second kappa shape index (κ2) is 7.16. The number of carbonyl (C=O) groups excluding carboxylic acids is 1. The molecule has 2 N–H and O–H groups in total. The Morgan fingerprint density at radius 1 is 1.33 bits per heavy atom. The summed E-state index contributed by atoms with van der Waals surface area (Å²) in [5.41, 5.74) is 3.36. The Bertz CT molecular complexity index is 398. The van der Waals surface area contributed by atoms with Crippen LogP contribution in [-0.2, 0) is 18.3 Å². The number of hydrogen-bond acceptors (Lipinski definition) is 3. The van der Waals surface area contributed by atoms with E-state index in [1.54, 1.807) is 0 Å². The Balaban J connectivity index is 2.34. The van der Waals surface area contributed by atoms with Gasteiger partial charge in [-0.25, -0.2) is 0 Å². The highest BCUT2D eigenvalue weighted by molar-refractivity contribution is 5.76. The van der Waals surface area contributed by atoms with Gasteiger partial charge in [-0.15, -0.1) is 0 Å². The van der Waals surface area contributed by atoms with Crippen LogP contribution in [0.15, 0.2) is 0 Å². The average molecular weight is 252 g/mol. The average Bonchev–Trinajstić information content (AvgIpc) is 2.57. The van der Waals surface area contributed by atoms with Gasteiger partial charge in [0.05, 0.1) is 5.69 Å². The van der Waals surface area contributed by atoms with Crippen LogP contribution >= 0.6 is 0 Å². The molecule has 1 rings (SSSR count). The molecule has 1 aromatic rings. The van der Waals surface area contributed by atoms with Crippen molar-refractivity contribution in [2.24, 2.45) is 7.05 Å². The highest BCUT2D eigenvalue weighted by Crippen LogP contribution is 2.13. The van der Waals surface area contributed by atoms with Crippen LogP contribution in [0.3, 0.4) is 0 Å². The van der Waals surface area contributed by atoms with Gasteiger partial charge in [0, 0.05) is 32.3 Å². The number of nitrogens with zero attached hydrogens (tertiary/aromatic N) is 2. The lowest BCUT2D eigenvalue weighted by Gasteiger charge is -2.06. The van der Waals surface area contributed by atoms with Crippen LogP contribution in [0.5, 0.6) is 0 Å². The molecule has 1 heterocycles. The van der Waals surface area contributed by atoms with Crippen molar-refractivity contribution in [2.75, 3.05) is 19.6 Å². The molecule has 5 heteroatoms. The van der Waals surface area contributed by atoms with Gasteiger partial charge in [0.15, 0.2) is 0 Å². The molecule has 0 aliphatic rings. The second-order valence-corrected chi connectivity index (χ2v) is 4.48. The molecule has 0 bridgehead atoms. The van der Waals surface area contributed by atoms with E-state index in [-0.39, 0.29) is 5.91 Å². The van der Waals surface area contributed by atoms with Crippen LogP contribution in [-0.4, -0.2) is 35.3 Å². The van der Waals surface area contributed by atoms with E-state index < -0.39 is 0 Å². The van der Waals surface area contributed by atoms with Crippen molar-refractivity contribution in [1.29, 1.82) is 0 Å². The van der Waals surface area contributed by atoms with Gasteiger partial charge in [-0.2, -0.15) is 5.10 Å². The highest BCUT2D eigenvalue weighted by Gasteiger charge is 2.10. The number of carbonyl (C=O) groups is 1. The third-order valence-electron chi connectivity index (χ3n) is 3.13. The molecule has 18 heavy (non-hydrogen) atoms. The van der Waals surface area contributed by atoms with Crippen LogP contribution in [0, 0.1) is 13.8 Å². The van der Waals surface area contributed by atoms with E-state index in [9.17, 15) is 4.79 Å². The Hall–Kier alpha value is -1.36. The quantitative estimate of drug-likeness (QED) is 0.702. The summed E-state index contributed by atoms with van der Waals surface area (Å²) in [5.74, 6) is 0.107. The fourth-order valence-electron chi connectivity index (χ4n) is 1.97. The predicted molar refractivity (Wildman–Crippen MR) is 72.6 cm³/mol. The number of aryl methyl sites for hydroxylation is 2. The molecule has 0 radical (unpaired) electrons. The van der Waals surface area contributed by atoms with Gasteiger partial charge in [0.25, 0.3) is 0 Å². The summed E-state index contributed by atoms with van der Waals surface area (Å²) >= 11 is 0. The molecule has 0 saturated heterocycles. The molecule has 0 saturated carbocycles. The Morgan fingerprint density at radius 2 is 2.06 bits per heavy atom. The van der Waals surface area contributed by atoms with E-state index in [0.29, 0.717) is 13.0 Å². The lowest BCUT2D eigenvalue weighted by Crippen LogP contribution is -2.31. The van der Waals surface area contributed by atoms with E-state index in [4.69, 9.17) is 0 Å². The number of nitrogens with one attached hydrogen (secondary N) is 2. The maximum atomic E-state index is 11.6. The highest BCUT2D eigenvalue weighted by atomic mass is 16.1. The van der Waals surface area contributed by atoms with Crippen LogP contribution in [0.4, 0.5) is 0 Å². The first-order valence-electron chi connectivity index (χ1n) is 6.52. The van der Waals surface area contributed by atoms with Crippen LogP contribution in [0.1, 0.15) is 30.3 Å². The third kappa shape index (κ3) is 4.14. The summed E-state index contributed by atoms with van der Waals surface area (Å²) in [5, 5.41) is 10.4. The van der Waals surface area contributed by atoms with Gasteiger partial charge in [-0.3, -0.25) is 9.48 Å². The molecule has 5 nitrogen and oxygen atoms in total. The smallest absolute Gasteiger partial charge is 0.220 e. The lowest BCUT2D eigenvalue weighted by atomic mass is 10.1. The fraction of sp³-hybridized carbons (Fsp3) is 0.692. The third-order valence-corrected chi connectivity index (χ3v) is 3.13. The second-order valence-electron chi connectivity index (χ2n) is 4.48. The predicted octanol–water partition coefficient (Wildman–Crippen LogP) is 0.695. The van der Waals surface area contributed by atoms with Crippen molar-refractivity contribution in [3.05, 3.63) is 17.0 Å². The van der Waals surface area contributed by atoms with E-state index in [0.717, 1.165) is 30.9 Å². The van der Waals surface area contributed by atoms with Crippen LogP contribution in [0.2, 0.25) is 0 Å². The normalized spacial score (nSPS) is 10.7. The van der Waals surface area contributed by atoms with Gasteiger partial charge in [-0.1, -0.05) is 6.92 Å². The van der Waals surface area contributed by atoms with Crippen molar-refractivity contribution in [3.63, 3.8) is 0 Å². The van der Waals surface area contributed by atoms with Crippen molar-refractivity contribution in [1.82, 2.24) is 20.4 Å². The van der Waals surface area contributed by atoms with Gasteiger partial charge in [0.1, 0.15) is 0 Å². The molecule has 1 amide bonds. The Morgan fingerprint density at radius 3 is 2.61 bits per heavy atom. The van der Waals surface area contributed by atoms with Gasteiger partial charge < -0.3 is 10.6 Å². The van der Waals surface area contributed by atoms with Gasteiger partial charge in [-0.05, 0) is 32.4 Å². The molecule has 0 aromatic carbocycles. The zero-order valence-electron chi connectivity index (χ0n) is 11.8. The summed E-state index contributed by atoms with van der Waals surface area (Å²) in [6.07, 6.45) is 1.29. The molecule has 0 aliphatic carbocycles. The number of aromatic nitrogens is 2. The number of amides is 1. The maximum absolute atomic E-state index is 11.6. The molecule has 102 valence electrons. The molecule has 0 spiro atoms. The largest absolute Gasteiger partial charge is 0.355 e. The zero-order chi connectivity index (χ0) is 13.5. The van der Waals surface area contributed by atoms with E-state index in [1.165, 1.54) is 5.56 Å². The summed E-state index contributed by atoms with van der Waals surface area (Å²) in [6, 6.07) is 0. The standard InChI is InChI=1S/C13H24N4O/c1-5-14-8-9-15-13(18)7-6-12-10(2)16-17(4)11(12)3/h14H,5-9H2,1-4H3,(H,15,18). The molecule has 0 unspecified atom stereocenters. The molecular weight excluding hydrogens is 228 g/mol. The van der Waals surface area contributed by atoms with Gasteiger partial charge in [0.2, 0.25) is 5.91 Å². The molecule has 0 atom stereocenters. The summed E-state index contributed by atoms with van der Waals surface area (Å²) in [4.78, 5) is 11.6. The van der Waals surface area contributed by atoms with Crippen molar-refractivity contribution in [3.8, 4) is 0 Å². The first kappa shape index (κ1) is 14.7. The minimum atomic E-state index is 0.107. The van der Waals surface area contributed by atoms with Crippen molar-refractivity contribution < 1.29 is 4.79 Å². The number of rotatable bonds is 7. The zero-order valence-corrected chi connectivity index (χ0v) is 11.8. The van der Waals surface area contributed by atoms with E-state index >= 15 is 0 Å². The fourth-order valence-corrected chi connectivity index (χ4v) is 1.97. The number of likely N-dealkylation sites (N-methyl/N-ethyl adjacent to an activating group) is 1. The first-order valence-corrected chi connectivity index (χ1v) is 6.52. The summed E-state index contributed by atoms with van der Waals surface area (Å²) in [7, 11) is 1.93. The Kier molecular flexibility index (Phi) is 5.85.